The van der Waals surface area contributed by atoms with Crippen molar-refractivity contribution in [1.82, 2.24) is 29.6 Å². The van der Waals surface area contributed by atoms with Gasteiger partial charge in [0.15, 0.2) is 17.3 Å². The number of aromatic nitrogens is 5. The lowest BCUT2D eigenvalue weighted by atomic mass is 9.90. The zero-order chi connectivity index (χ0) is 31.9. The molecule has 2 atom stereocenters. The first-order chi connectivity index (χ1) is 21.5. The van der Waals surface area contributed by atoms with Crippen LogP contribution in [0.3, 0.4) is 0 Å². The molecule has 1 fully saturated rings. The molecule has 0 spiro atoms. The van der Waals surface area contributed by atoms with E-state index in [4.69, 9.17) is 9.94 Å². The van der Waals surface area contributed by atoms with Crippen LogP contribution in [0.1, 0.15) is 35.8 Å². The molecule has 0 N–H and O–H groups in total. The van der Waals surface area contributed by atoms with Crippen LogP contribution in [0.15, 0.2) is 67.0 Å². The Balaban J connectivity index is 1.29. The SMILES string of the molecule is Cc1c(-c2cnc3c(cnn3C)c2)nn(-c2ccccc2)c1CC(=O)C[C@@H]1CN(CCC(F)(F)F)O[C@H]1c1ccc(F)c(F)c1. The van der Waals surface area contributed by atoms with E-state index in [0.29, 0.717) is 17.0 Å². The van der Waals surface area contributed by atoms with Gasteiger partial charge in [0, 0.05) is 56.0 Å². The van der Waals surface area contributed by atoms with Crippen LogP contribution in [0.4, 0.5) is 22.0 Å². The van der Waals surface area contributed by atoms with Crippen molar-refractivity contribution in [1.29, 1.82) is 0 Å². The molecule has 1 aliphatic rings. The predicted octanol–water partition coefficient (Wildman–Crippen LogP) is 6.47. The molecule has 0 aliphatic carbocycles. The van der Waals surface area contributed by atoms with Crippen LogP contribution in [0, 0.1) is 24.5 Å². The van der Waals surface area contributed by atoms with Gasteiger partial charge in [0.05, 0.1) is 29.7 Å². The summed E-state index contributed by atoms with van der Waals surface area (Å²) in [7, 11) is 1.80. The van der Waals surface area contributed by atoms with Crippen LogP contribution in [0.25, 0.3) is 28.0 Å². The number of nitrogens with zero attached hydrogens (tertiary/aromatic N) is 6. The zero-order valence-electron chi connectivity index (χ0n) is 24.4. The summed E-state index contributed by atoms with van der Waals surface area (Å²) in [6.45, 7) is 1.44. The van der Waals surface area contributed by atoms with E-state index >= 15 is 0 Å². The van der Waals surface area contributed by atoms with Gasteiger partial charge in [-0.2, -0.15) is 28.4 Å². The molecule has 13 heteroatoms. The smallest absolute Gasteiger partial charge is 0.299 e. The highest BCUT2D eigenvalue weighted by molar-refractivity contribution is 5.84. The van der Waals surface area contributed by atoms with Crippen LogP contribution in [-0.2, 0) is 23.1 Å². The molecule has 1 saturated heterocycles. The number of rotatable bonds is 9. The summed E-state index contributed by atoms with van der Waals surface area (Å²) in [6, 6.07) is 14.5. The third kappa shape index (κ3) is 6.50. The average molecular weight is 625 g/mol. The number of hydroxylamine groups is 2. The Labute approximate surface area is 255 Å². The van der Waals surface area contributed by atoms with E-state index in [1.54, 1.807) is 28.8 Å². The number of alkyl halides is 3. The number of Topliss-reactive ketones (excluding diaryl/α,β-unsaturated/α-hetero) is 1. The van der Waals surface area contributed by atoms with Gasteiger partial charge in [-0.1, -0.05) is 24.3 Å². The van der Waals surface area contributed by atoms with E-state index in [9.17, 15) is 26.7 Å². The van der Waals surface area contributed by atoms with Gasteiger partial charge in [0.2, 0.25) is 0 Å². The third-order valence-corrected chi connectivity index (χ3v) is 7.99. The maximum atomic E-state index is 14.1. The van der Waals surface area contributed by atoms with E-state index in [0.717, 1.165) is 39.4 Å². The molecule has 0 amide bonds. The summed E-state index contributed by atoms with van der Waals surface area (Å²) >= 11 is 0. The summed E-state index contributed by atoms with van der Waals surface area (Å²) < 4.78 is 70.0. The van der Waals surface area contributed by atoms with Gasteiger partial charge in [-0.05, 0) is 48.4 Å². The van der Waals surface area contributed by atoms with Crippen molar-refractivity contribution in [3.8, 4) is 16.9 Å². The van der Waals surface area contributed by atoms with Crippen LogP contribution in [0.5, 0.6) is 0 Å². The summed E-state index contributed by atoms with van der Waals surface area (Å²) in [5, 5.41) is 11.1. The quantitative estimate of drug-likeness (QED) is 0.175. The first-order valence-electron chi connectivity index (χ1n) is 14.3. The predicted molar refractivity (Wildman–Crippen MR) is 155 cm³/mol. The second-order valence-corrected chi connectivity index (χ2v) is 11.2. The first kappa shape index (κ1) is 30.5. The first-order valence-corrected chi connectivity index (χ1v) is 14.3. The minimum Gasteiger partial charge on any atom is -0.299 e. The Morgan fingerprint density at radius 1 is 1.04 bits per heavy atom. The molecular weight excluding hydrogens is 595 g/mol. The number of carbonyl (C=O) groups excluding carboxylic acids is 1. The average Bonchev–Trinajstić information content (AvgIpc) is 3.68. The molecule has 0 radical (unpaired) electrons. The number of hydrogen-bond donors (Lipinski definition) is 0. The lowest BCUT2D eigenvalue weighted by Crippen LogP contribution is -2.25. The molecule has 4 heterocycles. The zero-order valence-corrected chi connectivity index (χ0v) is 24.4. The van der Waals surface area contributed by atoms with Crippen molar-refractivity contribution >= 4 is 16.8 Å². The number of para-hydroxylation sites is 1. The number of pyridine rings is 1. The second-order valence-electron chi connectivity index (χ2n) is 11.2. The van der Waals surface area contributed by atoms with Crippen LogP contribution in [-0.4, -0.2) is 54.7 Å². The van der Waals surface area contributed by atoms with E-state index in [-0.39, 0.29) is 30.7 Å². The van der Waals surface area contributed by atoms with Crippen molar-refractivity contribution in [3.63, 3.8) is 0 Å². The summed E-state index contributed by atoms with van der Waals surface area (Å²) in [6.07, 6.45) is -3.12. The Morgan fingerprint density at radius 2 is 1.82 bits per heavy atom. The molecule has 8 nitrogen and oxygen atoms in total. The van der Waals surface area contributed by atoms with Gasteiger partial charge in [-0.3, -0.25) is 14.3 Å². The van der Waals surface area contributed by atoms with Crippen molar-refractivity contribution < 1.29 is 31.6 Å². The van der Waals surface area contributed by atoms with E-state index in [1.165, 1.54) is 6.07 Å². The molecule has 2 aromatic carbocycles. The van der Waals surface area contributed by atoms with E-state index in [2.05, 4.69) is 10.1 Å². The highest BCUT2D eigenvalue weighted by Crippen LogP contribution is 2.38. The Hall–Kier alpha value is -4.49. The molecule has 1 aliphatic heterocycles. The Kier molecular flexibility index (Phi) is 8.23. The molecule has 0 bridgehead atoms. The Bertz CT molecular complexity index is 1850. The van der Waals surface area contributed by atoms with Crippen LogP contribution in [0.2, 0.25) is 0 Å². The fourth-order valence-corrected chi connectivity index (χ4v) is 5.76. The molecule has 6 rings (SSSR count). The number of aryl methyl sites for hydroxylation is 1. The van der Waals surface area contributed by atoms with Crippen LogP contribution < -0.4 is 0 Å². The van der Waals surface area contributed by atoms with Gasteiger partial charge < -0.3 is 0 Å². The minimum atomic E-state index is -4.41. The molecule has 0 unspecified atom stereocenters. The number of fused-ring (bicyclic) bond motifs is 1. The van der Waals surface area contributed by atoms with Crippen LogP contribution >= 0.6 is 0 Å². The monoisotopic (exact) mass is 624 g/mol. The van der Waals surface area contributed by atoms with E-state index < -0.39 is 42.8 Å². The summed E-state index contributed by atoms with van der Waals surface area (Å²) in [4.78, 5) is 24.0. The van der Waals surface area contributed by atoms with Gasteiger partial charge in [-0.15, -0.1) is 0 Å². The Morgan fingerprint density at radius 3 is 2.56 bits per heavy atom. The van der Waals surface area contributed by atoms with Gasteiger partial charge in [0.25, 0.3) is 0 Å². The number of halogens is 5. The van der Waals surface area contributed by atoms with E-state index in [1.807, 2.05) is 43.3 Å². The largest absolute Gasteiger partial charge is 0.390 e. The minimum absolute atomic E-state index is 0.0183. The standard InChI is InChI=1S/C32H29F5N6O2/c1-19-28(43(24-6-4-3-5-7-24)40-29(19)21-12-22-17-39-41(2)31(22)38-16-21)15-25(44)13-23-18-42(11-10-32(35,36)37)45-30(23)20-8-9-26(33)27(34)14-20/h3-9,12,14,16-17,23,30H,10-11,13,15,18H2,1-2H3/t23-,30+/m1/s1. The number of ketones is 1. The maximum Gasteiger partial charge on any atom is 0.390 e. The van der Waals surface area contributed by atoms with Gasteiger partial charge >= 0.3 is 6.18 Å². The molecule has 5 aromatic rings. The molecular formula is C32H29F5N6O2. The number of hydrogen-bond acceptors (Lipinski definition) is 6. The van der Waals surface area contributed by atoms with Crippen molar-refractivity contribution in [2.45, 2.75) is 38.5 Å². The van der Waals surface area contributed by atoms with Gasteiger partial charge in [0.1, 0.15) is 11.9 Å². The van der Waals surface area contributed by atoms with Crippen molar-refractivity contribution in [2.75, 3.05) is 13.1 Å². The maximum absolute atomic E-state index is 14.1. The topological polar surface area (TPSA) is 78.1 Å². The lowest BCUT2D eigenvalue weighted by Gasteiger charge is -2.18. The summed E-state index contributed by atoms with van der Waals surface area (Å²) in [5.74, 6) is -2.97. The highest BCUT2D eigenvalue weighted by atomic mass is 19.4. The lowest BCUT2D eigenvalue weighted by molar-refractivity contribution is -0.184. The highest BCUT2D eigenvalue weighted by Gasteiger charge is 2.39. The number of carbonyl (C=O) groups is 1. The third-order valence-electron chi connectivity index (χ3n) is 7.99. The normalized spacial score (nSPS) is 17.4. The molecule has 234 valence electrons. The van der Waals surface area contributed by atoms with Crippen molar-refractivity contribution in [3.05, 3.63) is 95.4 Å². The molecule has 0 saturated carbocycles. The fourth-order valence-electron chi connectivity index (χ4n) is 5.76. The number of benzene rings is 2. The molecule has 3 aromatic heterocycles. The molecule has 45 heavy (non-hydrogen) atoms. The summed E-state index contributed by atoms with van der Waals surface area (Å²) in [5.41, 5.74) is 4.50. The van der Waals surface area contributed by atoms with Gasteiger partial charge in [-0.25, -0.2) is 18.4 Å². The van der Waals surface area contributed by atoms with Crippen molar-refractivity contribution in [2.24, 2.45) is 13.0 Å². The fraction of sp³-hybridized carbons (Fsp3) is 0.312. The second kappa shape index (κ2) is 12.1.